The van der Waals surface area contributed by atoms with Crippen LogP contribution >= 0.6 is 12.2 Å². The number of hydrogen-bond acceptors (Lipinski definition) is 3. The molecule has 1 amide bonds. The summed E-state index contributed by atoms with van der Waals surface area (Å²) in [5, 5.41) is 8.96. The minimum Gasteiger partial charge on any atom is -0.309 e. The maximum atomic E-state index is 13.1. The van der Waals surface area contributed by atoms with Crippen molar-refractivity contribution in [3.63, 3.8) is 0 Å². The van der Waals surface area contributed by atoms with E-state index in [9.17, 15) is 18.0 Å². The molecular weight excluding hydrogens is 351 g/mol. The van der Waals surface area contributed by atoms with Crippen molar-refractivity contribution in [3.05, 3.63) is 59.7 Å². The molecule has 1 aliphatic rings. The minimum absolute atomic E-state index is 0.0141. The summed E-state index contributed by atoms with van der Waals surface area (Å²) in [6.07, 6.45) is -4.70. The second-order valence-electron chi connectivity index (χ2n) is 5.27. The number of nitrogens with zero attached hydrogens (tertiary/aromatic N) is 3. The lowest BCUT2D eigenvalue weighted by molar-refractivity contribution is -0.137. The number of nitriles is 1. The average molecular weight is 361 g/mol. The Morgan fingerprint density at radius 1 is 1.08 bits per heavy atom. The third-order valence-corrected chi connectivity index (χ3v) is 4.12. The van der Waals surface area contributed by atoms with Crippen molar-refractivity contribution < 1.29 is 18.0 Å². The number of halogens is 3. The molecule has 25 heavy (non-hydrogen) atoms. The van der Waals surface area contributed by atoms with E-state index in [1.54, 1.807) is 35.2 Å². The van der Waals surface area contributed by atoms with E-state index in [1.807, 2.05) is 0 Å². The predicted octanol–water partition coefficient (Wildman–Crippen LogP) is 3.72. The first-order chi connectivity index (χ1) is 11.8. The van der Waals surface area contributed by atoms with E-state index in [-0.39, 0.29) is 17.3 Å². The number of thiocarbonyl (C=S) groups is 1. The molecule has 0 radical (unpaired) electrons. The van der Waals surface area contributed by atoms with Gasteiger partial charge in [0.2, 0.25) is 0 Å². The summed E-state index contributed by atoms with van der Waals surface area (Å²) in [6.45, 7) is -0.0653. The molecule has 0 aliphatic carbocycles. The van der Waals surface area contributed by atoms with Crippen LogP contribution in [0.4, 0.5) is 24.5 Å². The van der Waals surface area contributed by atoms with Crippen molar-refractivity contribution in [3.8, 4) is 6.07 Å². The third-order valence-electron chi connectivity index (χ3n) is 3.72. The Labute approximate surface area is 146 Å². The van der Waals surface area contributed by atoms with Gasteiger partial charge in [-0.15, -0.1) is 0 Å². The normalized spacial score (nSPS) is 14.8. The Morgan fingerprint density at radius 3 is 2.36 bits per heavy atom. The standard InChI is InChI=1S/C17H10F3N3OS/c18-17(19,20)14-8-13(7-6-11(14)9-21)23-15(24)10-22(16(23)25)12-4-2-1-3-5-12/h1-8H,10H2. The van der Waals surface area contributed by atoms with Crippen molar-refractivity contribution >= 4 is 34.6 Å². The molecule has 0 unspecified atom stereocenters. The molecule has 1 heterocycles. The molecule has 1 saturated heterocycles. The van der Waals surface area contributed by atoms with E-state index in [2.05, 4.69) is 0 Å². The number of alkyl halides is 3. The molecule has 1 fully saturated rings. The zero-order valence-corrected chi connectivity index (χ0v) is 13.4. The van der Waals surface area contributed by atoms with Crippen molar-refractivity contribution in [2.45, 2.75) is 6.18 Å². The van der Waals surface area contributed by atoms with Gasteiger partial charge >= 0.3 is 6.18 Å². The number of carbonyl (C=O) groups excluding carboxylic acids is 1. The summed E-state index contributed by atoms with van der Waals surface area (Å²) < 4.78 is 39.4. The molecule has 0 atom stereocenters. The second-order valence-corrected chi connectivity index (χ2v) is 5.64. The van der Waals surface area contributed by atoms with Crippen LogP contribution in [0.15, 0.2) is 48.5 Å². The molecule has 1 aliphatic heterocycles. The molecule has 0 N–H and O–H groups in total. The van der Waals surface area contributed by atoms with E-state index in [0.29, 0.717) is 5.69 Å². The van der Waals surface area contributed by atoms with Crippen LogP contribution in [-0.4, -0.2) is 17.6 Å². The Morgan fingerprint density at radius 2 is 1.76 bits per heavy atom. The van der Waals surface area contributed by atoms with Crippen LogP contribution in [0.25, 0.3) is 0 Å². The quantitative estimate of drug-likeness (QED) is 0.765. The lowest BCUT2D eigenvalue weighted by Crippen LogP contribution is -2.33. The molecular formula is C17H10F3N3OS. The van der Waals surface area contributed by atoms with Crippen LogP contribution in [0, 0.1) is 11.3 Å². The minimum atomic E-state index is -4.70. The maximum Gasteiger partial charge on any atom is 0.417 e. The first-order valence-electron chi connectivity index (χ1n) is 7.14. The van der Waals surface area contributed by atoms with Gasteiger partial charge in [0.25, 0.3) is 5.91 Å². The molecule has 0 aromatic heterocycles. The van der Waals surface area contributed by atoms with Gasteiger partial charge in [-0.1, -0.05) is 18.2 Å². The lowest BCUT2D eigenvalue weighted by atomic mass is 10.1. The number of benzene rings is 2. The van der Waals surface area contributed by atoms with Crippen LogP contribution in [0.2, 0.25) is 0 Å². The highest BCUT2D eigenvalue weighted by Gasteiger charge is 2.38. The highest BCUT2D eigenvalue weighted by atomic mass is 32.1. The molecule has 4 nitrogen and oxygen atoms in total. The van der Waals surface area contributed by atoms with Crippen molar-refractivity contribution in [2.75, 3.05) is 16.3 Å². The first kappa shape index (κ1) is 16.9. The Bertz CT molecular complexity index is 890. The maximum absolute atomic E-state index is 13.1. The fraction of sp³-hybridized carbons (Fsp3) is 0.118. The molecule has 126 valence electrons. The van der Waals surface area contributed by atoms with Crippen molar-refractivity contribution in [1.82, 2.24) is 0 Å². The Hall–Kier alpha value is -2.92. The Kier molecular flexibility index (Phi) is 4.18. The van der Waals surface area contributed by atoms with Gasteiger partial charge in [0.05, 0.1) is 22.9 Å². The number of para-hydroxylation sites is 1. The van der Waals surface area contributed by atoms with E-state index < -0.39 is 23.2 Å². The number of carbonyl (C=O) groups is 1. The topological polar surface area (TPSA) is 47.3 Å². The number of anilines is 2. The number of amides is 1. The summed E-state index contributed by atoms with van der Waals surface area (Å²) in [5.74, 6) is -0.438. The molecule has 0 spiro atoms. The van der Waals surface area contributed by atoms with Crippen molar-refractivity contribution in [1.29, 1.82) is 5.26 Å². The summed E-state index contributed by atoms with van der Waals surface area (Å²) in [6, 6.07) is 13.5. The molecule has 8 heteroatoms. The lowest BCUT2D eigenvalue weighted by Gasteiger charge is -2.21. The predicted molar refractivity (Wildman–Crippen MR) is 90.0 cm³/mol. The highest BCUT2D eigenvalue weighted by Crippen LogP contribution is 2.35. The molecule has 0 bridgehead atoms. The van der Waals surface area contributed by atoms with Gasteiger partial charge in [-0.05, 0) is 42.5 Å². The van der Waals surface area contributed by atoms with Crippen LogP contribution in [0.3, 0.4) is 0 Å². The van der Waals surface area contributed by atoms with E-state index in [0.717, 1.165) is 17.0 Å². The van der Waals surface area contributed by atoms with E-state index in [1.165, 1.54) is 12.1 Å². The van der Waals surface area contributed by atoms with Gasteiger partial charge in [-0.3, -0.25) is 9.69 Å². The van der Waals surface area contributed by atoms with Gasteiger partial charge in [-0.25, -0.2) is 0 Å². The number of rotatable bonds is 2. The molecule has 2 aromatic rings. The second kappa shape index (κ2) is 6.18. The van der Waals surface area contributed by atoms with Crippen LogP contribution in [-0.2, 0) is 11.0 Å². The first-order valence-corrected chi connectivity index (χ1v) is 7.54. The zero-order valence-electron chi connectivity index (χ0n) is 12.6. The summed E-state index contributed by atoms with van der Waals surface area (Å²) >= 11 is 5.29. The van der Waals surface area contributed by atoms with Gasteiger partial charge in [0.15, 0.2) is 5.11 Å². The summed E-state index contributed by atoms with van der Waals surface area (Å²) in [5.41, 5.74) is -0.942. The SMILES string of the molecule is N#Cc1ccc(N2C(=O)CN(c3ccccc3)C2=S)cc1C(F)(F)F. The van der Waals surface area contributed by atoms with Crippen LogP contribution < -0.4 is 9.80 Å². The molecule has 3 rings (SSSR count). The zero-order chi connectivity index (χ0) is 18.2. The van der Waals surface area contributed by atoms with Crippen LogP contribution in [0.5, 0.6) is 0 Å². The fourth-order valence-corrected chi connectivity index (χ4v) is 2.95. The van der Waals surface area contributed by atoms with Crippen molar-refractivity contribution in [2.24, 2.45) is 0 Å². The largest absolute Gasteiger partial charge is 0.417 e. The van der Waals surface area contributed by atoms with E-state index >= 15 is 0 Å². The smallest absolute Gasteiger partial charge is 0.309 e. The highest BCUT2D eigenvalue weighted by molar-refractivity contribution is 7.81. The summed E-state index contributed by atoms with van der Waals surface area (Å²) in [4.78, 5) is 14.9. The molecule has 0 saturated carbocycles. The van der Waals surface area contributed by atoms with Gasteiger partial charge in [-0.2, -0.15) is 18.4 Å². The molecule has 2 aromatic carbocycles. The Balaban J connectivity index is 2.01. The number of hydrogen-bond donors (Lipinski definition) is 0. The van der Waals surface area contributed by atoms with Crippen LogP contribution in [0.1, 0.15) is 11.1 Å². The average Bonchev–Trinajstić information content (AvgIpc) is 2.89. The fourth-order valence-electron chi connectivity index (χ4n) is 2.57. The summed E-state index contributed by atoms with van der Waals surface area (Å²) in [7, 11) is 0. The third kappa shape index (κ3) is 3.06. The van der Waals surface area contributed by atoms with Gasteiger partial charge < -0.3 is 4.90 Å². The van der Waals surface area contributed by atoms with Gasteiger partial charge in [0, 0.05) is 5.69 Å². The van der Waals surface area contributed by atoms with E-state index in [4.69, 9.17) is 17.5 Å². The van der Waals surface area contributed by atoms with Gasteiger partial charge in [0.1, 0.15) is 6.54 Å². The monoisotopic (exact) mass is 361 g/mol.